The highest BCUT2D eigenvalue weighted by Gasteiger charge is 2.32. The van der Waals surface area contributed by atoms with Crippen molar-refractivity contribution in [1.82, 2.24) is 19.9 Å². The van der Waals surface area contributed by atoms with Crippen LogP contribution in [0.5, 0.6) is 0 Å². The molecule has 1 aliphatic rings. The highest BCUT2D eigenvalue weighted by molar-refractivity contribution is 5.82. The molecular formula is C19H19N5O. The van der Waals surface area contributed by atoms with Gasteiger partial charge in [-0.3, -0.25) is 9.69 Å². The third-order valence-electron chi connectivity index (χ3n) is 4.64. The van der Waals surface area contributed by atoms with Gasteiger partial charge in [0, 0.05) is 13.1 Å². The Kier molecular flexibility index (Phi) is 4.03. The number of hydrogen-bond acceptors (Lipinski definition) is 4. The molecule has 1 aromatic heterocycles. The predicted molar refractivity (Wildman–Crippen MR) is 93.9 cm³/mol. The summed E-state index contributed by atoms with van der Waals surface area (Å²) in [5.41, 5.74) is 9.80. The molecule has 0 radical (unpaired) electrons. The van der Waals surface area contributed by atoms with E-state index in [1.807, 2.05) is 48.5 Å². The summed E-state index contributed by atoms with van der Waals surface area (Å²) in [7, 11) is 0. The largest absolute Gasteiger partial charge is 0.368 e. The molecule has 0 spiro atoms. The van der Waals surface area contributed by atoms with Crippen molar-refractivity contribution in [2.45, 2.75) is 19.0 Å². The van der Waals surface area contributed by atoms with E-state index < -0.39 is 6.04 Å². The monoisotopic (exact) mass is 333 g/mol. The molecule has 6 nitrogen and oxygen atoms in total. The summed E-state index contributed by atoms with van der Waals surface area (Å²) >= 11 is 0. The minimum atomic E-state index is -0.427. The molecule has 0 fully saturated rings. The molecule has 25 heavy (non-hydrogen) atoms. The van der Waals surface area contributed by atoms with Crippen LogP contribution in [-0.4, -0.2) is 32.3 Å². The molecule has 2 aromatic carbocycles. The van der Waals surface area contributed by atoms with Crippen molar-refractivity contribution < 1.29 is 4.79 Å². The summed E-state index contributed by atoms with van der Waals surface area (Å²) in [5.74, 6) is -0.328. The Morgan fingerprint density at radius 3 is 2.68 bits per heavy atom. The number of nitrogens with zero attached hydrogens (tertiary/aromatic N) is 4. The first-order valence-electron chi connectivity index (χ1n) is 8.30. The Morgan fingerprint density at radius 1 is 1.12 bits per heavy atom. The van der Waals surface area contributed by atoms with Crippen molar-refractivity contribution in [1.29, 1.82) is 0 Å². The van der Waals surface area contributed by atoms with E-state index in [0.717, 1.165) is 29.9 Å². The lowest BCUT2D eigenvalue weighted by atomic mass is 9.92. The van der Waals surface area contributed by atoms with E-state index in [1.165, 1.54) is 5.56 Å². The van der Waals surface area contributed by atoms with Gasteiger partial charge in [0.15, 0.2) is 0 Å². The van der Waals surface area contributed by atoms with E-state index in [4.69, 9.17) is 5.73 Å². The summed E-state index contributed by atoms with van der Waals surface area (Å²) in [6.45, 7) is 1.33. The molecule has 3 aromatic rings. The SMILES string of the molecule is NC(=O)C1c2ccccc2CCN1Cc1cnnn1-c1ccccc1. The van der Waals surface area contributed by atoms with Gasteiger partial charge in [-0.2, -0.15) is 0 Å². The second-order valence-corrected chi connectivity index (χ2v) is 6.20. The van der Waals surface area contributed by atoms with Crippen LogP contribution in [0.2, 0.25) is 0 Å². The summed E-state index contributed by atoms with van der Waals surface area (Å²) in [6.07, 6.45) is 2.64. The Labute approximate surface area is 145 Å². The fourth-order valence-corrected chi connectivity index (χ4v) is 3.48. The topological polar surface area (TPSA) is 77.0 Å². The van der Waals surface area contributed by atoms with Crippen LogP contribution in [0.3, 0.4) is 0 Å². The van der Waals surface area contributed by atoms with Gasteiger partial charge >= 0.3 is 0 Å². The van der Waals surface area contributed by atoms with E-state index in [9.17, 15) is 4.79 Å². The van der Waals surface area contributed by atoms with Gasteiger partial charge in [0.2, 0.25) is 5.91 Å². The van der Waals surface area contributed by atoms with E-state index >= 15 is 0 Å². The van der Waals surface area contributed by atoms with Crippen LogP contribution in [0.1, 0.15) is 22.9 Å². The quantitative estimate of drug-likeness (QED) is 0.790. The number of hydrogen-bond donors (Lipinski definition) is 1. The number of fused-ring (bicyclic) bond motifs is 1. The average Bonchev–Trinajstić information content (AvgIpc) is 3.10. The van der Waals surface area contributed by atoms with Crippen molar-refractivity contribution >= 4 is 5.91 Å². The van der Waals surface area contributed by atoms with Crippen LogP contribution in [0.4, 0.5) is 0 Å². The third kappa shape index (κ3) is 2.92. The van der Waals surface area contributed by atoms with Crippen molar-refractivity contribution in [3.05, 3.63) is 77.6 Å². The number of amides is 1. The van der Waals surface area contributed by atoms with Crippen molar-refractivity contribution in [2.75, 3.05) is 6.54 Å². The van der Waals surface area contributed by atoms with Crippen molar-refractivity contribution in [3.8, 4) is 5.69 Å². The van der Waals surface area contributed by atoms with Gasteiger partial charge in [-0.1, -0.05) is 47.7 Å². The zero-order chi connectivity index (χ0) is 17.2. The molecule has 0 aliphatic carbocycles. The smallest absolute Gasteiger partial charge is 0.239 e. The fraction of sp³-hybridized carbons (Fsp3) is 0.211. The zero-order valence-corrected chi connectivity index (χ0v) is 13.7. The number of primary amides is 1. The first-order chi connectivity index (χ1) is 12.2. The lowest BCUT2D eigenvalue weighted by Crippen LogP contribution is -2.42. The van der Waals surface area contributed by atoms with Gasteiger partial charge in [0.05, 0.1) is 17.6 Å². The van der Waals surface area contributed by atoms with Crippen LogP contribution in [0.15, 0.2) is 60.8 Å². The van der Waals surface area contributed by atoms with E-state index in [1.54, 1.807) is 10.9 Å². The minimum Gasteiger partial charge on any atom is -0.368 e. The van der Waals surface area contributed by atoms with Gasteiger partial charge in [0.25, 0.3) is 0 Å². The predicted octanol–water partition coefficient (Wildman–Crippen LogP) is 1.85. The lowest BCUT2D eigenvalue weighted by Gasteiger charge is -2.35. The Balaban J connectivity index is 1.66. The standard InChI is InChI=1S/C19H19N5O/c20-19(25)18-17-9-5-4-6-14(17)10-11-23(18)13-16-12-21-22-24(16)15-7-2-1-3-8-15/h1-9,12,18H,10-11,13H2,(H2,20,25). The Morgan fingerprint density at radius 2 is 1.88 bits per heavy atom. The number of aromatic nitrogens is 3. The molecule has 1 atom stereocenters. The summed E-state index contributed by atoms with van der Waals surface area (Å²) in [6, 6.07) is 17.4. The maximum Gasteiger partial charge on any atom is 0.239 e. The third-order valence-corrected chi connectivity index (χ3v) is 4.64. The molecule has 1 unspecified atom stereocenters. The second kappa shape index (κ2) is 6.49. The molecule has 0 bridgehead atoms. The van der Waals surface area contributed by atoms with Gasteiger partial charge < -0.3 is 5.73 Å². The molecule has 4 rings (SSSR count). The van der Waals surface area contributed by atoms with Crippen LogP contribution in [0.25, 0.3) is 5.69 Å². The first-order valence-corrected chi connectivity index (χ1v) is 8.30. The Bertz CT molecular complexity index is 890. The van der Waals surface area contributed by atoms with Crippen molar-refractivity contribution in [3.63, 3.8) is 0 Å². The maximum atomic E-state index is 12.2. The van der Waals surface area contributed by atoms with E-state index in [2.05, 4.69) is 21.3 Å². The molecule has 1 amide bonds. The molecule has 6 heteroatoms. The molecule has 1 aliphatic heterocycles. The van der Waals surface area contributed by atoms with Crippen LogP contribution >= 0.6 is 0 Å². The van der Waals surface area contributed by atoms with Gasteiger partial charge in [0.1, 0.15) is 6.04 Å². The summed E-state index contributed by atoms with van der Waals surface area (Å²) in [4.78, 5) is 14.3. The van der Waals surface area contributed by atoms with Crippen LogP contribution in [0, 0.1) is 0 Å². The number of benzene rings is 2. The lowest BCUT2D eigenvalue weighted by molar-refractivity contribution is -0.124. The minimum absolute atomic E-state index is 0.328. The summed E-state index contributed by atoms with van der Waals surface area (Å²) < 4.78 is 1.80. The highest BCUT2D eigenvalue weighted by atomic mass is 16.1. The van der Waals surface area contributed by atoms with Gasteiger partial charge in [-0.15, -0.1) is 5.10 Å². The maximum absolute atomic E-state index is 12.2. The van der Waals surface area contributed by atoms with Crippen LogP contribution < -0.4 is 5.73 Å². The van der Waals surface area contributed by atoms with Crippen molar-refractivity contribution in [2.24, 2.45) is 5.73 Å². The number of rotatable bonds is 4. The van der Waals surface area contributed by atoms with E-state index in [-0.39, 0.29) is 5.91 Å². The number of carbonyl (C=O) groups excluding carboxylic acids is 1. The number of carbonyl (C=O) groups is 1. The molecule has 2 heterocycles. The number of para-hydroxylation sites is 1. The number of nitrogens with two attached hydrogens (primary N) is 1. The molecule has 0 saturated carbocycles. The van der Waals surface area contributed by atoms with Gasteiger partial charge in [-0.25, -0.2) is 4.68 Å². The molecule has 126 valence electrons. The Hall–Kier alpha value is -2.99. The average molecular weight is 333 g/mol. The zero-order valence-electron chi connectivity index (χ0n) is 13.7. The van der Waals surface area contributed by atoms with E-state index in [0.29, 0.717) is 6.54 Å². The van der Waals surface area contributed by atoms with Crippen LogP contribution in [-0.2, 0) is 17.8 Å². The summed E-state index contributed by atoms with van der Waals surface area (Å²) in [5, 5.41) is 8.24. The normalized spacial score (nSPS) is 17.2. The molecule has 2 N–H and O–H groups in total. The van der Waals surface area contributed by atoms with Gasteiger partial charge in [-0.05, 0) is 29.7 Å². The first kappa shape index (κ1) is 15.5. The highest BCUT2D eigenvalue weighted by Crippen LogP contribution is 2.30. The molecular weight excluding hydrogens is 314 g/mol. The second-order valence-electron chi connectivity index (χ2n) is 6.20. The fourth-order valence-electron chi connectivity index (χ4n) is 3.48. The molecule has 0 saturated heterocycles.